The lowest BCUT2D eigenvalue weighted by atomic mass is 9.96. The summed E-state index contributed by atoms with van der Waals surface area (Å²) in [5, 5.41) is 19.4. The second kappa shape index (κ2) is 5.20. The van der Waals surface area contributed by atoms with Gasteiger partial charge in [0.15, 0.2) is 5.69 Å². The predicted molar refractivity (Wildman–Crippen MR) is 68.2 cm³/mol. The first-order chi connectivity index (χ1) is 9.65. The number of aromatic carboxylic acids is 1. The number of carboxylic acids is 1. The van der Waals surface area contributed by atoms with Crippen LogP contribution in [0.1, 0.15) is 29.4 Å². The molecule has 0 spiro atoms. The summed E-state index contributed by atoms with van der Waals surface area (Å²) in [6.45, 7) is 2.91. The molecule has 2 N–H and O–H groups in total. The maximum Gasteiger partial charge on any atom is 0.358 e. The van der Waals surface area contributed by atoms with E-state index in [1.165, 1.54) is 10.9 Å². The van der Waals surface area contributed by atoms with Crippen molar-refractivity contribution in [2.24, 2.45) is 5.92 Å². The van der Waals surface area contributed by atoms with Gasteiger partial charge in [0.1, 0.15) is 0 Å². The molecule has 2 aliphatic rings. The van der Waals surface area contributed by atoms with Gasteiger partial charge < -0.3 is 15.3 Å². The Balaban J connectivity index is 1.55. The largest absolute Gasteiger partial charge is 0.476 e. The minimum Gasteiger partial charge on any atom is -0.476 e. The summed E-state index contributed by atoms with van der Waals surface area (Å²) in [5.74, 6) is -0.821. The lowest BCUT2D eigenvalue weighted by Gasteiger charge is -2.41. The highest BCUT2D eigenvalue weighted by Gasteiger charge is 2.36. The molecule has 2 fully saturated rings. The number of nitrogens with zero attached hydrogens (tertiary/aromatic N) is 4. The van der Waals surface area contributed by atoms with Crippen molar-refractivity contribution < 1.29 is 14.7 Å². The van der Waals surface area contributed by atoms with Crippen LogP contribution in [0, 0.1) is 5.92 Å². The summed E-state index contributed by atoms with van der Waals surface area (Å²) in [6, 6.07) is 0.0381. The van der Waals surface area contributed by atoms with Crippen molar-refractivity contribution in [3.05, 3.63) is 11.9 Å². The van der Waals surface area contributed by atoms with E-state index >= 15 is 0 Å². The van der Waals surface area contributed by atoms with Gasteiger partial charge in [0, 0.05) is 19.6 Å². The average molecular weight is 279 g/mol. The van der Waals surface area contributed by atoms with Crippen LogP contribution < -0.4 is 5.32 Å². The molecule has 0 aromatic carbocycles. The summed E-state index contributed by atoms with van der Waals surface area (Å²) in [4.78, 5) is 24.8. The zero-order chi connectivity index (χ0) is 14.1. The van der Waals surface area contributed by atoms with E-state index in [1.54, 1.807) is 0 Å². The van der Waals surface area contributed by atoms with Gasteiger partial charge in [-0.2, -0.15) is 0 Å². The second-order valence-electron chi connectivity index (χ2n) is 5.33. The molecule has 2 aliphatic heterocycles. The molecule has 0 aliphatic carbocycles. The van der Waals surface area contributed by atoms with E-state index in [9.17, 15) is 9.59 Å². The quantitative estimate of drug-likeness (QED) is 0.763. The molecular formula is C12H17N5O3. The standard InChI is InChI=1S/C12H17N5O3/c18-11(8-2-1-3-13-4-8)16-5-9(6-16)17-7-10(12(19)20)14-15-17/h7-9,13H,1-6H2,(H,19,20). The number of carbonyl (C=O) groups excluding carboxylic acids is 1. The zero-order valence-electron chi connectivity index (χ0n) is 11.0. The summed E-state index contributed by atoms with van der Waals surface area (Å²) < 4.78 is 1.53. The van der Waals surface area contributed by atoms with Gasteiger partial charge in [-0.1, -0.05) is 5.21 Å². The smallest absolute Gasteiger partial charge is 0.358 e. The Labute approximate surface area is 115 Å². The molecule has 8 nitrogen and oxygen atoms in total. The average Bonchev–Trinajstić information content (AvgIpc) is 2.87. The molecule has 8 heteroatoms. The van der Waals surface area contributed by atoms with Gasteiger partial charge in [0.2, 0.25) is 5.91 Å². The number of hydrogen-bond donors (Lipinski definition) is 2. The number of carbonyl (C=O) groups is 2. The molecule has 1 atom stereocenters. The minimum absolute atomic E-state index is 0.0381. The van der Waals surface area contributed by atoms with E-state index in [2.05, 4.69) is 15.6 Å². The number of likely N-dealkylation sites (tertiary alicyclic amines) is 1. The molecule has 20 heavy (non-hydrogen) atoms. The highest BCUT2D eigenvalue weighted by Crippen LogP contribution is 2.24. The molecular weight excluding hydrogens is 262 g/mol. The number of hydrogen-bond acceptors (Lipinski definition) is 5. The third-order valence-electron chi connectivity index (χ3n) is 3.92. The third kappa shape index (κ3) is 2.38. The van der Waals surface area contributed by atoms with Crippen molar-refractivity contribution in [3.8, 4) is 0 Å². The van der Waals surface area contributed by atoms with Gasteiger partial charge in [0.25, 0.3) is 0 Å². The van der Waals surface area contributed by atoms with Gasteiger partial charge >= 0.3 is 5.97 Å². The minimum atomic E-state index is -1.09. The highest BCUT2D eigenvalue weighted by molar-refractivity contribution is 5.84. The van der Waals surface area contributed by atoms with Crippen molar-refractivity contribution >= 4 is 11.9 Å². The maximum atomic E-state index is 12.2. The van der Waals surface area contributed by atoms with Crippen LogP contribution in [0.4, 0.5) is 0 Å². The van der Waals surface area contributed by atoms with Gasteiger partial charge in [-0.3, -0.25) is 4.79 Å². The van der Waals surface area contributed by atoms with Gasteiger partial charge in [-0.15, -0.1) is 5.10 Å². The molecule has 108 valence electrons. The van der Waals surface area contributed by atoms with Gasteiger partial charge in [-0.05, 0) is 19.4 Å². The molecule has 1 unspecified atom stereocenters. The van der Waals surface area contributed by atoms with Crippen molar-refractivity contribution in [1.29, 1.82) is 0 Å². The van der Waals surface area contributed by atoms with Crippen LogP contribution in [0.15, 0.2) is 6.20 Å². The molecule has 2 saturated heterocycles. The second-order valence-corrected chi connectivity index (χ2v) is 5.33. The maximum absolute atomic E-state index is 12.2. The molecule has 0 saturated carbocycles. The SMILES string of the molecule is O=C(O)c1cn(C2CN(C(=O)C3CCCNC3)C2)nn1. The first kappa shape index (κ1) is 13.0. The lowest BCUT2D eigenvalue weighted by molar-refractivity contribution is -0.142. The molecule has 1 amide bonds. The Morgan fingerprint density at radius 2 is 2.20 bits per heavy atom. The fourth-order valence-electron chi connectivity index (χ4n) is 2.68. The fraction of sp³-hybridized carbons (Fsp3) is 0.667. The molecule has 3 heterocycles. The van der Waals surface area contributed by atoms with E-state index in [0.29, 0.717) is 13.1 Å². The van der Waals surface area contributed by atoms with E-state index in [0.717, 1.165) is 25.9 Å². The monoisotopic (exact) mass is 279 g/mol. The van der Waals surface area contributed by atoms with Crippen molar-refractivity contribution in [3.63, 3.8) is 0 Å². The summed E-state index contributed by atoms with van der Waals surface area (Å²) >= 11 is 0. The number of carboxylic acid groups (broad SMARTS) is 1. The summed E-state index contributed by atoms with van der Waals surface area (Å²) in [7, 11) is 0. The number of amides is 1. The Hall–Kier alpha value is -1.96. The zero-order valence-corrected chi connectivity index (χ0v) is 11.0. The molecule has 0 radical (unpaired) electrons. The Kier molecular flexibility index (Phi) is 3.39. The number of aromatic nitrogens is 3. The molecule has 1 aromatic rings. The fourth-order valence-corrected chi connectivity index (χ4v) is 2.68. The van der Waals surface area contributed by atoms with Crippen LogP contribution in [0.2, 0.25) is 0 Å². The van der Waals surface area contributed by atoms with Crippen LogP contribution in [0.25, 0.3) is 0 Å². The normalized spacial score (nSPS) is 23.4. The van der Waals surface area contributed by atoms with E-state index in [1.807, 2.05) is 4.90 Å². The number of piperidine rings is 1. The van der Waals surface area contributed by atoms with Crippen LogP contribution in [0.5, 0.6) is 0 Å². The first-order valence-electron chi connectivity index (χ1n) is 6.80. The van der Waals surface area contributed by atoms with Crippen LogP contribution >= 0.6 is 0 Å². The first-order valence-corrected chi connectivity index (χ1v) is 6.80. The lowest BCUT2D eigenvalue weighted by Crippen LogP contribution is -2.54. The molecule has 3 rings (SSSR count). The Morgan fingerprint density at radius 3 is 2.80 bits per heavy atom. The van der Waals surface area contributed by atoms with Crippen LogP contribution in [-0.2, 0) is 4.79 Å². The van der Waals surface area contributed by atoms with E-state index < -0.39 is 5.97 Å². The molecule has 1 aromatic heterocycles. The topological polar surface area (TPSA) is 100 Å². The third-order valence-corrected chi connectivity index (χ3v) is 3.92. The Bertz CT molecular complexity index is 517. The number of nitrogens with one attached hydrogen (secondary N) is 1. The molecule has 0 bridgehead atoms. The van der Waals surface area contributed by atoms with Crippen molar-refractivity contribution in [1.82, 2.24) is 25.2 Å². The van der Waals surface area contributed by atoms with Crippen LogP contribution in [0.3, 0.4) is 0 Å². The summed E-state index contributed by atoms with van der Waals surface area (Å²) in [6.07, 6.45) is 3.40. The van der Waals surface area contributed by atoms with Crippen LogP contribution in [-0.4, -0.2) is 63.1 Å². The van der Waals surface area contributed by atoms with E-state index in [-0.39, 0.29) is 23.6 Å². The van der Waals surface area contributed by atoms with Gasteiger partial charge in [-0.25, -0.2) is 9.48 Å². The predicted octanol–water partition coefficient (Wildman–Crippen LogP) is -0.641. The van der Waals surface area contributed by atoms with Crippen molar-refractivity contribution in [2.75, 3.05) is 26.2 Å². The van der Waals surface area contributed by atoms with E-state index in [4.69, 9.17) is 5.11 Å². The number of rotatable bonds is 3. The summed E-state index contributed by atoms with van der Waals surface area (Å²) in [5.41, 5.74) is -0.0637. The Morgan fingerprint density at radius 1 is 1.40 bits per heavy atom. The van der Waals surface area contributed by atoms with Crippen molar-refractivity contribution in [2.45, 2.75) is 18.9 Å². The highest BCUT2D eigenvalue weighted by atomic mass is 16.4. The van der Waals surface area contributed by atoms with Gasteiger partial charge in [0.05, 0.1) is 18.2 Å².